The molecule has 1 fully saturated rings. The van der Waals surface area contributed by atoms with Crippen LogP contribution in [0.25, 0.3) is 0 Å². The molecular formula is C15H23F2N3. The average molecular weight is 283 g/mol. The molecule has 1 saturated heterocycles. The molecule has 0 radical (unpaired) electrons. The number of hydrogen-bond donors (Lipinski definition) is 1. The molecule has 5 heteroatoms. The zero-order valence-corrected chi connectivity index (χ0v) is 12.5. The Balaban J connectivity index is 2.25. The fourth-order valence-corrected chi connectivity index (χ4v) is 2.60. The third-order valence-electron chi connectivity index (χ3n) is 3.89. The van der Waals surface area contributed by atoms with Gasteiger partial charge in [0.05, 0.1) is 0 Å². The van der Waals surface area contributed by atoms with Gasteiger partial charge < -0.3 is 10.2 Å². The Morgan fingerprint density at radius 2 is 2.00 bits per heavy atom. The number of nitrogens with one attached hydrogen (secondary N) is 1. The fourth-order valence-electron chi connectivity index (χ4n) is 2.60. The first-order valence-corrected chi connectivity index (χ1v) is 7.28. The predicted octanol–water partition coefficient (Wildman–Crippen LogP) is 3.81. The molecule has 1 N–H and O–H groups in total. The van der Waals surface area contributed by atoms with Crippen molar-refractivity contribution in [3.05, 3.63) is 17.7 Å². The van der Waals surface area contributed by atoms with Gasteiger partial charge in [-0.05, 0) is 31.6 Å². The van der Waals surface area contributed by atoms with Crippen molar-refractivity contribution in [3.8, 4) is 0 Å². The van der Waals surface area contributed by atoms with Gasteiger partial charge in [-0.1, -0.05) is 13.8 Å². The molecule has 0 atom stereocenters. The van der Waals surface area contributed by atoms with Gasteiger partial charge in [-0.25, -0.2) is 13.8 Å². The van der Waals surface area contributed by atoms with Gasteiger partial charge in [-0.15, -0.1) is 0 Å². The standard InChI is InChI=1S/C15H23F2N3/c1-4-18-13-11(16)10-12(17)14(19-13)20-8-5-6-15(2,3)7-9-20/h10H,4-9H2,1-3H3,(H,18,19). The van der Waals surface area contributed by atoms with E-state index in [2.05, 4.69) is 24.1 Å². The Bertz CT molecular complexity index is 474. The summed E-state index contributed by atoms with van der Waals surface area (Å²) in [6.07, 6.45) is 3.11. The fraction of sp³-hybridized carbons (Fsp3) is 0.667. The van der Waals surface area contributed by atoms with Gasteiger partial charge in [0, 0.05) is 25.7 Å². The van der Waals surface area contributed by atoms with Crippen molar-refractivity contribution in [3.63, 3.8) is 0 Å². The third-order valence-corrected chi connectivity index (χ3v) is 3.89. The summed E-state index contributed by atoms with van der Waals surface area (Å²) in [7, 11) is 0. The molecule has 0 aromatic carbocycles. The van der Waals surface area contributed by atoms with Crippen molar-refractivity contribution in [2.45, 2.75) is 40.0 Å². The third kappa shape index (κ3) is 3.38. The van der Waals surface area contributed by atoms with E-state index >= 15 is 0 Å². The normalized spacial score (nSPS) is 18.8. The van der Waals surface area contributed by atoms with Crippen molar-refractivity contribution in [2.24, 2.45) is 5.41 Å². The van der Waals surface area contributed by atoms with Crippen LogP contribution >= 0.6 is 0 Å². The smallest absolute Gasteiger partial charge is 0.168 e. The SMILES string of the molecule is CCNc1nc(N2CCCC(C)(C)CC2)c(F)cc1F. The van der Waals surface area contributed by atoms with Crippen LogP contribution in [0, 0.1) is 17.0 Å². The highest BCUT2D eigenvalue weighted by Crippen LogP contribution is 2.32. The van der Waals surface area contributed by atoms with E-state index in [4.69, 9.17) is 0 Å². The molecule has 3 nitrogen and oxygen atoms in total. The monoisotopic (exact) mass is 283 g/mol. The summed E-state index contributed by atoms with van der Waals surface area (Å²) in [5.74, 6) is -0.820. The summed E-state index contributed by atoms with van der Waals surface area (Å²) in [5.41, 5.74) is 0.274. The first kappa shape index (κ1) is 15.0. The molecule has 0 unspecified atom stereocenters. The highest BCUT2D eigenvalue weighted by molar-refractivity contribution is 5.49. The number of halogens is 2. The van der Waals surface area contributed by atoms with E-state index in [1.54, 1.807) is 0 Å². The molecular weight excluding hydrogens is 260 g/mol. The van der Waals surface area contributed by atoms with Crippen molar-refractivity contribution < 1.29 is 8.78 Å². The van der Waals surface area contributed by atoms with Crippen LogP contribution in [-0.2, 0) is 0 Å². The molecule has 2 heterocycles. The van der Waals surface area contributed by atoms with Gasteiger partial charge in [0.1, 0.15) is 0 Å². The second-order valence-corrected chi connectivity index (χ2v) is 6.16. The van der Waals surface area contributed by atoms with E-state index < -0.39 is 11.6 Å². The molecule has 1 aliphatic rings. The molecule has 20 heavy (non-hydrogen) atoms. The minimum absolute atomic E-state index is 0.132. The number of aromatic nitrogens is 1. The minimum Gasteiger partial charge on any atom is -0.368 e. The van der Waals surface area contributed by atoms with Crippen LogP contribution in [-0.4, -0.2) is 24.6 Å². The van der Waals surface area contributed by atoms with Crippen LogP contribution in [0.2, 0.25) is 0 Å². The van der Waals surface area contributed by atoms with E-state index in [9.17, 15) is 8.78 Å². The van der Waals surface area contributed by atoms with Gasteiger partial charge in [-0.2, -0.15) is 0 Å². The van der Waals surface area contributed by atoms with Gasteiger partial charge >= 0.3 is 0 Å². The average Bonchev–Trinajstić information content (AvgIpc) is 2.54. The second-order valence-electron chi connectivity index (χ2n) is 6.16. The van der Waals surface area contributed by atoms with Crippen LogP contribution in [0.4, 0.5) is 20.4 Å². The number of rotatable bonds is 3. The molecule has 0 bridgehead atoms. The highest BCUT2D eigenvalue weighted by Gasteiger charge is 2.25. The lowest BCUT2D eigenvalue weighted by atomic mass is 9.85. The Labute approximate surface area is 119 Å². The van der Waals surface area contributed by atoms with E-state index in [1.807, 2.05) is 11.8 Å². The summed E-state index contributed by atoms with van der Waals surface area (Å²) in [6, 6.07) is 0.927. The van der Waals surface area contributed by atoms with Crippen LogP contribution in [0.3, 0.4) is 0 Å². The van der Waals surface area contributed by atoms with Crippen molar-refractivity contribution in [1.29, 1.82) is 0 Å². The molecule has 0 amide bonds. The molecule has 0 spiro atoms. The lowest BCUT2D eigenvalue weighted by Crippen LogP contribution is -2.27. The maximum Gasteiger partial charge on any atom is 0.168 e. The maximum atomic E-state index is 14.0. The number of pyridine rings is 1. The molecule has 0 aliphatic carbocycles. The van der Waals surface area contributed by atoms with Crippen LogP contribution < -0.4 is 10.2 Å². The molecule has 112 valence electrons. The lowest BCUT2D eigenvalue weighted by molar-refractivity contribution is 0.325. The van der Waals surface area contributed by atoms with E-state index in [-0.39, 0.29) is 17.1 Å². The van der Waals surface area contributed by atoms with Gasteiger partial charge in [0.25, 0.3) is 0 Å². The van der Waals surface area contributed by atoms with Gasteiger partial charge in [0.2, 0.25) is 0 Å². The maximum absolute atomic E-state index is 14.0. The van der Waals surface area contributed by atoms with Gasteiger partial charge in [0.15, 0.2) is 23.3 Å². The number of nitrogens with zero attached hydrogens (tertiary/aromatic N) is 2. The Kier molecular flexibility index (Phi) is 4.45. The molecule has 2 rings (SSSR count). The molecule has 1 aromatic heterocycles. The van der Waals surface area contributed by atoms with Crippen LogP contribution in [0.1, 0.15) is 40.0 Å². The summed E-state index contributed by atoms with van der Waals surface area (Å²) >= 11 is 0. The molecule has 0 saturated carbocycles. The minimum atomic E-state index is -0.636. The van der Waals surface area contributed by atoms with Crippen molar-refractivity contribution in [1.82, 2.24) is 4.98 Å². The summed E-state index contributed by atoms with van der Waals surface area (Å²) in [5, 5.41) is 2.83. The predicted molar refractivity (Wildman–Crippen MR) is 78.2 cm³/mol. The number of hydrogen-bond acceptors (Lipinski definition) is 3. The van der Waals surface area contributed by atoms with E-state index in [0.29, 0.717) is 6.54 Å². The molecule has 1 aliphatic heterocycles. The zero-order valence-electron chi connectivity index (χ0n) is 12.5. The summed E-state index contributed by atoms with van der Waals surface area (Å²) in [6.45, 7) is 8.41. The first-order chi connectivity index (χ1) is 9.43. The van der Waals surface area contributed by atoms with Crippen molar-refractivity contribution >= 4 is 11.6 Å². The van der Waals surface area contributed by atoms with Gasteiger partial charge in [-0.3, -0.25) is 0 Å². The second kappa shape index (κ2) is 5.94. The van der Waals surface area contributed by atoms with E-state index in [1.165, 1.54) is 0 Å². The van der Waals surface area contributed by atoms with Crippen molar-refractivity contribution in [2.75, 3.05) is 29.9 Å². The summed E-state index contributed by atoms with van der Waals surface area (Å²) in [4.78, 5) is 6.07. The first-order valence-electron chi connectivity index (χ1n) is 7.28. The highest BCUT2D eigenvalue weighted by atomic mass is 19.1. The Hall–Kier alpha value is -1.39. The topological polar surface area (TPSA) is 28.2 Å². The largest absolute Gasteiger partial charge is 0.368 e. The Morgan fingerprint density at radius 1 is 1.25 bits per heavy atom. The quantitative estimate of drug-likeness (QED) is 0.914. The van der Waals surface area contributed by atoms with Crippen LogP contribution in [0.5, 0.6) is 0 Å². The van der Waals surface area contributed by atoms with Crippen LogP contribution in [0.15, 0.2) is 6.07 Å². The lowest BCUT2D eigenvalue weighted by Gasteiger charge is -2.24. The van der Waals surface area contributed by atoms with E-state index in [0.717, 1.165) is 38.4 Å². The zero-order chi connectivity index (χ0) is 14.8. The Morgan fingerprint density at radius 3 is 2.70 bits per heavy atom. The summed E-state index contributed by atoms with van der Waals surface area (Å²) < 4.78 is 27.6. The number of anilines is 2. The molecule has 1 aromatic rings.